The maximum Gasteiger partial charge on any atom is 0.321 e. The fourth-order valence-corrected chi connectivity index (χ4v) is 3.30. The molecular formula is C24H22BrN3O2. The van der Waals surface area contributed by atoms with E-state index >= 15 is 0 Å². The monoisotopic (exact) mass is 463 g/mol. The number of ether oxygens (including phenoxy) is 1. The Labute approximate surface area is 185 Å². The van der Waals surface area contributed by atoms with Crippen molar-refractivity contribution >= 4 is 27.6 Å². The molecule has 0 aromatic heterocycles. The number of halogens is 1. The minimum absolute atomic E-state index is 0.195. The van der Waals surface area contributed by atoms with Crippen molar-refractivity contribution in [3.8, 4) is 11.8 Å². The lowest BCUT2D eigenvalue weighted by molar-refractivity contribution is 0.220. The van der Waals surface area contributed by atoms with Crippen molar-refractivity contribution in [1.29, 1.82) is 5.26 Å². The number of carbonyl (C=O) groups is 1. The highest BCUT2D eigenvalue weighted by Gasteiger charge is 2.13. The summed E-state index contributed by atoms with van der Waals surface area (Å²) >= 11 is 3.52. The lowest BCUT2D eigenvalue weighted by atomic mass is 10.1. The first-order chi connectivity index (χ1) is 14.6. The summed E-state index contributed by atoms with van der Waals surface area (Å²) in [5, 5.41) is 11.7. The maximum atomic E-state index is 12.7. The Bertz CT molecular complexity index is 1040. The van der Waals surface area contributed by atoms with E-state index in [0.29, 0.717) is 31.0 Å². The van der Waals surface area contributed by atoms with Crippen molar-refractivity contribution in [3.63, 3.8) is 0 Å². The van der Waals surface area contributed by atoms with Crippen LogP contribution >= 0.6 is 15.9 Å². The fourth-order valence-electron chi connectivity index (χ4n) is 2.89. The number of nitrogens with zero attached hydrogens (tertiary/aromatic N) is 2. The minimum atomic E-state index is -0.195. The van der Waals surface area contributed by atoms with Gasteiger partial charge in [0.25, 0.3) is 0 Å². The molecule has 0 saturated heterocycles. The van der Waals surface area contributed by atoms with Crippen molar-refractivity contribution in [2.75, 3.05) is 12.4 Å². The Morgan fingerprint density at radius 1 is 1.03 bits per heavy atom. The maximum absolute atomic E-state index is 12.7. The molecule has 0 fully saturated rings. The summed E-state index contributed by atoms with van der Waals surface area (Å²) in [5.41, 5.74) is 3.57. The van der Waals surface area contributed by atoms with E-state index in [1.54, 1.807) is 11.9 Å². The lowest BCUT2D eigenvalue weighted by Crippen LogP contribution is -2.31. The predicted octanol–water partition coefficient (Wildman–Crippen LogP) is 5.76. The van der Waals surface area contributed by atoms with Crippen LogP contribution in [0.4, 0.5) is 10.5 Å². The first-order valence-electron chi connectivity index (χ1n) is 9.49. The minimum Gasteiger partial charge on any atom is -0.489 e. The number of nitrogens with one attached hydrogen (secondary N) is 1. The van der Waals surface area contributed by atoms with Gasteiger partial charge in [0, 0.05) is 29.3 Å². The highest BCUT2D eigenvalue weighted by molar-refractivity contribution is 9.10. The van der Waals surface area contributed by atoms with Gasteiger partial charge in [0.05, 0.1) is 12.5 Å². The first-order valence-corrected chi connectivity index (χ1v) is 10.3. The number of rotatable bonds is 7. The van der Waals surface area contributed by atoms with Gasteiger partial charge >= 0.3 is 6.03 Å². The normalized spacial score (nSPS) is 10.2. The van der Waals surface area contributed by atoms with Gasteiger partial charge in [0.2, 0.25) is 0 Å². The average molecular weight is 464 g/mol. The standard InChI is InChI=1S/C24H22BrN3O2/c1-28(16-19-6-2-4-8-22(19)25)24(29)27-23-9-5-3-7-20(23)17-30-21-12-10-18(11-13-21)14-15-26/h2-13H,14,16-17H2,1H3,(H,27,29). The van der Waals surface area contributed by atoms with Gasteiger partial charge in [-0.1, -0.05) is 64.5 Å². The molecule has 1 N–H and O–H groups in total. The molecule has 152 valence electrons. The molecule has 5 nitrogen and oxygen atoms in total. The number of hydrogen-bond donors (Lipinski definition) is 1. The molecule has 3 rings (SSSR count). The van der Waals surface area contributed by atoms with Crippen LogP contribution in [0.1, 0.15) is 16.7 Å². The molecule has 0 atom stereocenters. The van der Waals surface area contributed by atoms with Crippen molar-refractivity contribution < 1.29 is 9.53 Å². The zero-order chi connectivity index (χ0) is 21.3. The fraction of sp³-hybridized carbons (Fsp3) is 0.167. The third-order valence-corrected chi connectivity index (χ3v) is 5.35. The topological polar surface area (TPSA) is 65.4 Å². The smallest absolute Gasteiger partial charge is 0.321 e. The van der Waals surface area contributed by atoms with Gasteiger partial charge in [0.15, 0.2) is 0 Å². The SMILES string of the molecule is CN(Cc1ccccc1Br)C(=O)Nc1ccccc1COc1ccc(CC#N)cc1. The van der Waals surface area contributed by atoms with Crippen LogP contribution in [0.5, 0.6) is 5.75 Å². The zero-order valence-corrected chi connectivity index (χ0v) is 18.2. The summed E-state index contributed by atoms with van der Waals surface area (Å²) in [6, 6.07) is 24.8. The van der Waals surface area contributed by atoms with E-state index in [9.17, 15) is 4.79 Å². The van der Waals surface area contributed by atoms with E-state index in [1.807, 2.05) is 72.8 Å². The Morgan fingerprint density at radius 2 is 1.70 bits per heavy atom. The van der Waals surface area contributed by atoms with Crippen molar-refractivity contribution in [3.05, 3.63) is 94.0 Å². The number of para-hydroxylation sites is 1. The third-order valence-electron chi connectivity index (χ3n) is 4.57. The highest BCUT2D eigenvalue weighted by atomic mass is 79.9. The first kappa shape index (κ1) is 21.4. The van der Waals surface area contributed by atoms with Crippen LogP contribution in [0, 0.1) is 11.3 Å². The van der Waals surface area contributed by atoms with E-state index in [0.717, 1.165) is 21.2 Å². The average Bonchev–Trinajstić information content (AvgIpc) is 2.76. The summed E-state index contributed by atoms with van der Waals surface area (Å²) in [5.74, 6) is 0.712. The molecule has 0 heterocycles. The zero-order valence-electron chi connectivity index (χ0n) is 16.6. The lowest BCUT2D eigenvalue weighted by Gasteiger charge is -2.20. The number of benzene rings is 3. The summed E-state index contributed by atoms with van der Waals surface area (Å²) in [4.78, 5) is 14.3. The molecule has 0 aliphatic carbocycles. The molecule has 30 heavy (non-hydrogen) atoms. The molecule has 3 aromatic rings. The van der Waals surface area contributed by atoms with Crippen molar-refractivity contribution in [1.82, 2.24) is 4.90 Å². The molecule has 0 bridgehead atoms. The van der Waals surface area contributed by atoms with Crippen LogP contribution < -0.4 is 10.1 Å². The van der Waals surface area contributed by atoms with E-state index in [2.05, 4.69) is 27.3 Å². The molecule has 0 aliphatic heterocycles. The molecular weight excluding hydrogens is 442 g/mol. The number of carbonyl (C=O) groups excluding carboxylic acids is 1. The summed E-state index contributed by atoms with van der Waals surface area (Å²) in [6.07, 6.45) is 0.377. The number of hydrogen-bond acceptors (Lipinski definition) is 3. The van der Waals surface area contributed by atoms with Crippen LogP contribution in [0.15, 0.2) is 77.3 Å². The van der Waals surface area contributed by atoms with Crippen molar-refractivity contribution in [2.45, 2.75) is 19.6 Å². The van der Waals surface area contributed by atoms with Crippen LogP contribution in [0.2, 0.25) is 0 Å². The quantitative estimate of drug-likeness (QED) is 0.484. The Kier molecular flexibility index (Phi) is 7.47. The number of anilines is 1. The summed E-state index contributed by atoms with van der Waals surface area (Å²) in [7, 11) is 1.76. The van der Waals surface area contributed by atoms with Gasteiger partial charge in [-0.15, -0.1) is 0 Å². The highest BCUT2D eigenvalue weighted by Crippen LogP contribution is 2.21. The van der Waals surface area contributed by atoms with E-state index in [-0.39, 0.29) is 6.03 Å². The molecule has 6 heteroatoms. The van der Waals surface area contributed by atoms with Gasteiger partial charge in [-0.2, -0.15) is 5.26 Å². The molecule has 2 amide bonds. The second kappa shape index (κ2) is 10.5. The van der Waals surface area contributed by atoms with Crippen LogP contribution in [-0.2, 0) is 19.6 Å². The predicted molar refractivity (Wildman–Crippen MR) is 121 cm³/mol. The summed E-state index contributed by atoms with van der Waals surface area (Å²) in [6.45, 7) is 0.808. The molecule has 0 spiro atoms. The largest absolute Gasteiger partial charge is 0.489 e. The second-order valence-electron chi connectivity index (χ2n) is 6.80. The van der Waals surface area contributed by atoms with Gasteiger partial charge in [0.1, 0.15) is 12.4 Å². The number of amides is 2. The van der Waals surface area contributed by atoms with E-state index in [1.165, 1.54) is 0 Å². The van der Waals surface area contributed by atoms with E-state index < -0.39 is 0 Å². The molecule has 0 radical (unpaired) electrons. The van der Waals surface area contributed by atoms with E-state index in [4.69, 9.17) is 10.00 Å². The van der Waals surface area contributed by atoms with Crippen LogP contribution in [-0.4, -0.2) is 18.0 Å². The van der Waals surface area contributed by atoms with Gasteiger partial charge in [-0.25, -0.2) is 4.79 Å². The van der Waals surface area contributed by atoms with Gasteiger partial charge in [-0.05, 0) is 35.4 Å². The van der Waals surface area contributed by atoms with Gasteiger partial charge in [-0.3, -0.25) is 0 Å². The molecule has 0 saturated carbocycles. The summed E-state index contributed by atoms with van der Waals surface area (Å²) < 4.78 is 6.84. The molecule has 3 aromatic carbocycles. The Balaban J connectivity index is 1.62. The van der Waals surface area contributed by atoms with Gasteiger partial charge < -0.3 is 15.0 Å². The number of urea groups is 1. The Morgan fingerprint density at radius 3 is 2.40 bits per heavy atom. The van der Waals surface area contributed by atoms with Crippen molar-refractivity contribution in [2.24, 2.45) is 0 Å². The third kappa shape index (κ3) is 5.85. The van der Waals surface area contributed by atoms with Crippen LogP contribution in [0.25, 0.3) is 0 Å². The Hall–Kier alpha value is -3.30. The second-order valence-corrected chi connectivity index (χ2v) is 7.66. The molecule has 0 aliphatic rings. The van der Waals surface area contributed by atoms with Crippen LogP contribution in [0.3, 0.4) is 0 Å². The molecule has 0 unspecified atom stereocenters. The number of nitriles is 1.